The van der Waals surface area contributed by atoms with Gasteiger partial charge in [0.15, 0.2) is 0 Å². The van der Waals surface area contributed by atoms with E-state index in [1.54, 1.807) is 0 Å². The van der Waals surface area contributed by atoms with Gasteiger partial charge >= 0.3 is 0 Å². The number of hydrogen-bond donors (Lipinski definition) is 1. The third-order valence-electron chi connectivity index (χ3n) is 3.05. The Morgan fingerprint density at radius 2 is 1.88 bits per heavy atom. The first kappa shape index (κ1) is 12.8. The Bertz CT molecular complexity index is 379. The quantitative estimate of drug-likeness (QED) is 0.517. The van der Waals surface area contributed by atoms with Crippen molar-refractivity contribution < 1.29 is 9.94 Å². The minimum absolute atomic E-state index is 0.305. The SMILES string of the molecule is ON=C1CCC(OCc2ccc(I)cc2)CC1. The number of halogens is 1. The number of ether oxygens (including phenoxy) is 1. The summed E-state index contributed by atoms with van der Waals surface area (Å²) in [4.78, 5) is 0. The van der Waals surface area contributed by atoms with Crippen LogP contribution in [0.5, 0.6) is 0 Å². The molecule has 0 aliphatic heterocycles. The molecule has 17 heavy (non-hydrogen) atoms. The van der Waals surface area contributed by atoms with Crippen molar-refractivity contribution in [3.8, 4) is 0 Å². The molecule has 0 amide bonds. The molecule has 0 saturated heterocycles. The van der Waals surface area contributed by atoms with Crippen LogP contribution < -0.4 is 0 Å². The molecule has 0 atom stereocenters. The standard InChI is InChI=1S/C13H16INO2/c14-11-3-1-10(2-4-11)9-17-13-7-5-12(15-16)6-8-13/h1-4,13,16H,5-9H2. The van der Waals surface area contributed by atoms with Gasteiger partial charge in [-0.3, -0.25) is 0 Å². The zero-order valence-electron chi connectivity index (χ0n) is 9.60. The number of nitrogens with zero attached hydrogens (tertiary/aromatic N) is 1. The van der Waals surface area contributed by atoms with E-state index >= 15 is 0 Å². The molecule has 1 saturated carbocycles. The van der Waals surface area contributed by atoms with E-state index in [0.29, 0.717) is 12.7 Å². The largest absolute Gasteiger partial charge is 0.411 e. The number of oxime groups is 1. The van der Waals surface area contributed by atoms with Gasteiger partial charge in [-0.1, -0.05) is 17.3 Å². The molecule has 0 spiro atoms. The molecule has 92 valence electrons. The molecule has 2 rings (SSSR count). The van der Waals surface area contributed by atoms with Crippen LogP contribution in [0, 0.1) is 3.57 Å². The monoisotopic (exact) mass is 345 g/mol. The third-order valence-corrected chi connectivity index (χ3v) is 3.77. The molecule has 0 unspecified atom stereocenters. The number of rotatable bonds is 3. The van der Waals surface area contributed by atoms with Crippen molar-refractivity contribution in [1.82, 2.24) is 0 Å². The van der Waals surface area contributed by atoms with Gasteiger partial charge in [-0.25, -0.2) is 0 Å². The lowest BCUT2D eigenvalue weighted by Gasteiger charge is -2.22. The summed E-state index contributed by atoms with van der Waals surface area (Å²) in [5.74, 6) is 0. The fraction of sp³-hybridized carbons (Fsp3) is 0.462. The van der Waals surface area contributed by atoms with E-state index in [-0.39, 0.29) is 0 Å². The maximum absolute atomic E-state index is 8.66. The maximum Gasteiger partial charge on any atom is 0.0720 e. The van der Waals surface area contributed by atoms with Crippen molar-refractivity contribution in [1.29, 1.82) is 0 Å². The van der Waals surface area contributed by atoms with Crippen molar-refractivity contribution in [3.63, 3.8) is 0 Å². The average molecular weight is 345 g/mol. The molecule has 1 fully saturated rings. The van der Waals surface area contributed by atoms with Crippen LogP contribution in [0.15, 0.2) is 29.4 Å². The lowest BCUT2D eigenvalue weighted by atomic mass is 9.96. The molecular formula is C13H16INO2. The summed E-state index contributed by atoms with van der Waals surface area (Å²) in [6, 6.07) is 8.39. The van der Waals surface area contributed by atoms with Gasteiger partial charge < -0.3 is 9.94 Å². The van der Waals surface area contributed by atoms with Crippen LogP contribution in [0.3, 0.4) is 0 Å². The maximum atomic E-state index is 8.66. The Morgan fingerprint density at radius 3 is 2.47 bits per heavy atom. The summed E-state index contributed by atoms with van der Waals surface area (Å²) in [5, 5.41) is 11.9. The highest BCUT2D eigenvalue weighted by molar-refractivity contribution is 14.1. The Balaban J connectivity index is 1.77. The smallest absolute Gasteiger partial charge is 0.0720 e. The second-order valence-electron chi connectivity index (χ2n) is 4.30. The minimum atomic E-state index is 0.305. The molecule has 0 heterocycles. The Hall–Kier alpha value is -0.620. The number of benzene rings is 1. The van der Waals surface area contributed by atoms with Crippen molar-refractivity contribution in [3.05, 3.63) is 33.4 Å². The van der Waals surface area contributed by atoms with E-state index in [1.165, 1.54) is 9.13 Å². The Morgan fingerprint density at radius 1 is 1.24 bits per heavy atom. The Kier molecular flexibility index (Phi) is 4.79. The van der Waals surface area contributed by atoms with Crippen LogP contribution in [-0.2, 0) is 11.3 Å². The van der Waals surface area contributed by atoms with E-state index in [2.05, 4.69) is 52.0 Å². The molecule has 3 nitrogen and oxygen atoms in total. The molecule has 1 aromatic carbocycles. The van der Waals surface area contributed by atoms with Crippen molar-refractivity contribution >= 4 is 28.3 Å². The second kappa shape index (κ2) is 6.35. The lowest BCUT2D eigenvalue weighted by molar-refractivity contribution is 0.0277. The van der Waals surface area contributed by atoms with Crippen molar-refractivity contribution in [2.75, 3.05) is 0 Å². The van der Waals surface area contributed by atoms with Crippen LogP contribution in [0.25, 0.3) is 0 Å². The molecule has 1 aromatic rings. The van der Waals surface area contributed by atoms with Crippen molar-refractivity contribution in [2.24, 2.45) is 5.16 Å². The summed E-state index contributed by atoms with van der Waals surface area (Å²) in [6.07, 6.45) is 3.94. The summed E-state index contributed by atoms with van der Waals surface area (Å²) < 4.78 is 7.11. The minimum Gasteiger partial charge on any atom is -0.411 e. The zero-order chi connectivity index (χ0) is 12.1. The average Bonchev–Trinajstić information content (AvgIpc) is 2.39. The molecule has 4 heteroatoms. The highest BCUT2D eigenvalue weighted by Gasteiger charge is 2.18. The highest BCUT2D eigenvalue weighted by Crippen LogP contribution is 2.20. The first-order chi connectivity index (χ1) is 8.28. The first-order valence-electron chi connectivity index (χ1n) is 5.84. The normalized spacial score (nSPS) is 20.3. The second-order valence-corrected chi connectivity index (χ2v) is 5.55. The summed E-state index contributed by atoms with van der Waals surface area (Å²) in [7, 11) is 0. The van der Waals surface area contributed by atoms with E-state index < -0.39 is 0 Å². The Labute approximate surface area is 115 Å². The first-order valence-corrected chi connectivity index (χ1v) is 6.91. The van der Waals surface area contributed by atoms with E-state index in [0.717, 1.165) is 31.4 Å². The molecule has 0 radical (unpaired) electrons. The lowest BCUT2D eigenvalue weighted by Crippen LogP contribution is -2.21. The third kappa shape index (κ3) is 3.96. The van der Waals surface area contributed by atoms with Gasteiger partial charge in [0.1, 0.15) is 0 Å². The molecule has 1 aliphatic carbocycles. The van der Waals surface area contributed by atoms with E-state index in [1.807, 2.05) is 0 Å². The van der Waals surface area contributed by atoms with Crippen LogP contribution in [0.4, 0.5) is 0 Å². The van der Waals surface area contributed by atoms with Crippen LogP contribution in [0.2, 0.25) is 0 Å². The predicted octanol–water partition coefficient (Wildman–Crippen LogP) is 3.58. The fourth-order valence-electron chi connectivity index (χ4n) is 1.99. The molecule has 0 bridgehead atoms. The number of hydrogen-bond acceptors (Lipinski definition) is 3. The molecule has 1 aliphatic rings. The molecule has 1 N–H and O–H groups in total. The summed E-state index contributed by atoms with van der Waals surface area (Å²) in [5.41, 5.74) is 2.12. The predicted molar refractivity (Wildman–Crippen MR) is 75.4 cm³/mol. The van der Waals surface area contributed by atoms with Gasteiger partial charge in [0.2, 0.25) is 0 Å². The fourth-order valence-corrected chi connectivity index (χ4v) is 2.35. The van der Waals surface area contributed by atoms with Gasteiger partial charge in [-0.15, -0.1) is 0 Å². The van der Waals surface area contributed by atoms with E-state index in [4.69, 9.17) is 9.94 Å². The van der Waals surface area contributed by atoms with E-state index in [9.17, 15) is 0 Å². The van der Waals surface area contributed by atoms with Gasteiger partial charge in [0.05, 0.1) is 18.4 Å². The van der Waals surface area contributed by atoms with Crippen LogP contribution in [-0.4, -0.2) is 17.0 Å². The van der Waals surface area contributed by atoms with Gasteiger partial charge in [0, 0.05) is 3.57 Å². The molecule has 0 aromatic heterocycles. The van der Waals surface area contributed by atoms with Crippen LogP contribution >= 0.6 is 22.6 Å². The van der Waals surface area contributed by atoms with Gasteiger partial charge in [0.25, 0.3) is 0 Å². The van der Waals surface area contributed by atoms with Crippen LogP contribution in [0.1, 0.15) is 31.2 Å². The highest BCUT2D eigenvalue weighted by atomic mass is 127. The topological polar surface area (TPSA) is 41.8 Å². The molecular weight excluding hydrogens is 329 g/mol. The summed E-state index contributed by atoms with van der Waals surface area (Å²) >= 11 is 2.30. The summed E-state index contributed by atoms with van der Waals surface area (Å²) in [6.45, 7) is 0.674. The van der Waals surface area contributed by atoms with Crippen molar-refractivity contribution in [2.45, 2.75) is 38.4 Å². The van der Waals surface area contributed by atoms with Gasteiger partial charge in [-0.2, -0.15) is 0 Å². The zero-order valence-corrected chi connectivity index (χ0v) is 11.8. The van der Waals surface area contributed by atoms with Gasteiger partial charge in [-0.05, 0) is 66.0 Å².